The van der Waals surface area contributed by atoms with Crippen LogP contribution in [-0.4, -0.2) is 50.4 Å². The van der Waals surface area contributed by atoms with E-state index in [2.05, 4.69) is 18.7 Å². The van der Waals surface area contributed by atoms with Crippen LogP contribution in [0.4, 0.5) is 0 Å². The van der Waals surface area contributed by atoms with Gasteiger partial charge in [-0.15, -0.1) is 4.83 Å². The highest BCUT2D eigenvalue weighted by Gasteiger charge is 2.47. The van der Waals surface area contributed by atoms with Gasteiger partial charge in [-0.1, -0.05) is 46.1 Å². The standard InChI is InChI=1S/C23H37N3O4S/c1-5-13-26(25-31(28,29)18-9-7-6-8-10-18)21-20(30-4)15-16-11-12-17(22(24)27)14-19(16)23(21,2)3/h11-12,14,18,20-21,25H,5-10,13,15H2,1-4H3,(H2,24,27). The number of hydrogen-bond acceptors (Lipinski definition) is 5. The lowest BCUT2D eigenvalue weighted by Crippen LogP contribution is -2.63. The number of nitrogens with two attached hydrogens (primary N) is 1. The molecule has 174 valence electrons. The predicted octanol–water partition coefficient (Wildman–Crippen LogP) is 2.88. The van der Waals surface area contributed by atoms with Crippen LogP contribution in [0.1, 0.15) is 80.8 Å². The molecule has 0 bridgehead atoms. The summed E-state index contributed by atoms with van der Waals surface area (Å²) in [5.41, 5.74) is 7.64. The minimum Gasteiger partial charge on any atom is -0.379 e. The van der Waals surface area contributed by atoms with Gasteiger partial charge in [0, 0.05) is 31.1 Å². The number of hydrogen-bond donors (Lipinski definition) is 2. The lowest BCUT2D eigenvalue weighted by Gasteiger charge is -2.49. The number of rotatable bonds is 8. The van der Waals surface area contributed by atoms with Crippen LogP contribution >= 0.6 is 0 Å². The monoisotopic (exact) mass is 451 g/mol. The van der Waals surface area contributed by atoms with Gasteiger partial charge in [-0.25, -0.2) is 13.4 Å². The third-order valence-corrected chi connectivity index (χ3v) is 8.78. The molecule has 1 amide bonds. The second-order valence-corrected chi connectivity index (χ2v) is 11.4. The van der Waals surface area contributed by atoms with E-state index in [-0.39, 0.29) is 17.4 Å². The van der Waals surface area contributed by atoms with E-state index in [0.717, 1.165) is 36.8 Å². The molecule has 1 fully saturated rings. The Morgan fingerprint density at radius 3 is 2.52 bits per heavy atom. The maximum absolute atomic E-state index is 13.3. The first-order valence-electron chi connectivity index (χ1n) is 11.4. The number of primary amides is 1. The van der Waals surface area contributed by atoms with E-state index >= 15 is 0 Å². The molecule has 3 N–H and O–H groups in total. The van der Waals surface area contributed by atoms with Gasteiger partial charge in [0.1, 0.15) is 0 Å². The van der Waals surface area contributed by atoms with E-state index in [9.17, 15) is 13.2 Å². The number of benzene rings is 1. The summed E-state index contributed by atoms with van der Waals surface area (Å²) in [5, 5.41) is 1.53. The maximum atomic E-state index is 13.3. The van der Waals surface area contributed by atoms with Crippen molar-refractivity contribution in [3.63, 3.8) is 0 Å². The number of sulfonamides is 1. The van der Waals surface area contributed by atoms with Crippen LogP contribution in [-0.2, 0) is 26.6 Å². The Bertz CT molecular complexity index is 894. The molecule has 2 atom stereocenters. The molecule has 3 rings (SSSR count). The van der Waals surface area contributed by atoms with Gasteiger partial charge in [0.05, 0.1) is 17.4 Å². The SMILES string of the molecule is CCCN(NS(=O)(=O)C1CCCCC1)C1C(OC)Cc2ccc(C(N)=O)cc2C1(C)C. The molecule has 1 saturated carbocycles. The van der Waals surface area contributed by atoms with Crippen molar-refractivity contribution >= 4 is 15.9 Å². The molecular formula is C23H37N3O4S. The quantitative estimate of drug-likeness (QED) is 0.592. The number of carbonyl (C=O) groups excluding carboxylic acids is 1. The normalized spacial score (nSPS) is 24.2. The Morgan fingerprint density at radius 2 is 1.94 bits per heavy atom. The van der Waals surface area contributed by atoms with Crippen molar-refractivity contribution in [3.8, 4) is 0 Å². The van der Waals surface area contributed by atoms with Gasteiger partial charge in [-0.05, 0) is 42.5 Å². The average Bonchev–Trinajstić information content (AvgIpc) is 2.73. The first kappa shape index (κ1) is 24.2. The number of carbonyl (C=O) groups is 1. The van der Waals surface area contributed by atoms with Crippen LogP contribution in [0, 0.1) is 0 Å². The van der Waals surface area contributed by atoms with Gasteiger partial charge >= 0.3 is 0 Å². The molecular weight excluding hydrogens is 414 g/mol. The van der Waals surface area contributed by atoms with Crippen LogP contribution < -0.4 is 10.6 Å². The van der Waals surface area contributed by atoms with Gasteiger partial charge in [0.15, 0.2) is 0 Å². The van der Waals surface area contributed by atoms with E-state index in [4.69, 9.17) is 10.5 Å². The molecule has 0 radical (unpaired) electrons. The molecule has 0 spiro atoms. The lowest BCUT2D eigenvalue weighted by molar-refractivity contribution is -0.0341. The number of ether oxygens (including phenoxy) is 1. The Balaban J connectivity index is 1.99. The molecule has 0 aromatic heterocycles. The van der Waals surface area contributed by atoms with Crippen molar-refractivity contribution in [2.24, 2.45) is 5.73 Å². The molecule has 0 saturated heterocycles. The second-order valence-electron chi connectivity index (χ2n) is 9.47. The van der Waals surface area contributed by atoms with E-state index in [0.29, 0.717) is 31.4 Å². The minimum absolute atomic E-state index is 0.192. The van der Waals surface area contributed by atoms with Gasteiger partial charge in [0.25, 0.3) is 0 Å². The maximum Gasteiger partial charge on any atom is 0.248 e. The molecule has 0 aliphatic heterocycles. The number of fused-ring (bicyclic) bond motifs is 1. The summed E-state index contributed by atoms with van der Waals surface area (Å²) in [6.45, 7) is 6.79. The fourth-order valence-electron chi connectivity index (χ4n) is 5.36. The highest BCUT2D eigenvalue weighted by Crippen LogP contribution is 2.41. The second kappa shape index (κ2) is 9.57. The Labute approximate surface area is 186 Å². The molecule has 0 heterocycles. The molecule has 8 heteroatoms. The van der Waals surface area contributed by atoms with E-state index < -0.39 is 21.3 Å². The van der Waals surface area contributed by atoms with E-state index in [1.165, 1.54) is 0 Å². The lowest BCUT2D eigenvalue weighted by atomic mass is 9.67. The molecule has 1 aromatic carbocycles. The van der Waals surface area contributed by atoms with Crippen LogP contribution in [0.5, 0.6) is 0 Å². The molecule has 2 aliphatic carbocycles. The van der Waals surface area contributed by atoms with Gasteiger partial charge in [0.2, 0.25) is 15.9 Å². The molecule has 2 unspecified atom stereocenters. The fourth-order valence-corrected chi connectivity index (χ4v) is 6.99. The molecule has 31 heavy (non-hydrogen) atoms. The molecule has 1 aromatic rings. The number of nitrogens with one attached hydrogen (secondary N) is 1. The molecule has 7 nitrogen and oxygen atoms in total. The van der Waals surface area contributed by atoms with Crippen LogP contribution in [0.2, 0.25) is 0 Å². The van der Waals surface area contributed by atoms with E-state index in [1.54, 1.807) is 13.2 Å². The number of nitrogens with zero attached hydrogens (tertiary/aromatic N) is 1. The zero-order valence-corrected chi connectivity index (χ0v) is 20.0. The van der Waals surface area contributed by atoms with Gasteiger partial charge < -0.3 is 10.5 Å². The summed E-state index contributed by atoms with van der Waals surface area (Å²) in [4.78, 5) is 14.8. The summed E-state index contributed by atoms with van der Waals surface area (Å²) in [5.74, 6) is -0.465. The van der Waals surface area contributed by atoms with E-state index in [1.807, 2.05) is 24.1 Å². The summed E-state index contributed by atoms with van der Waals surface area (Å²) in [6, 6.07) is 5.32. The van der Waals surface area contributed by atoms with Crippen molar-refractivity contribution in [3.05, 3.63) is 34.9 Å². The first-order valence-corrected chi connectivity index (χ1v) is 12.9. The number of methoxy groups -OCH3 is 1. The van der Waals surface area contributed by atoms with Crippen molar-refractivity contribution in [2.45, 2.75) is 88.5 Å². The number of hydrazine groups is 1. The smallest absolute Gasteiger partial charge is 0.248 e. The first-order chi connectivity index (χ1) is 14.6. The van der Waals surface area contributed by atoms with Crippen molar-refractivity contribution < 1.29 is 17.9 Å². The van der Waals surface area contributed by atoms with Crippen molar-refractivity contribution in [1.82, 2.24) is 9.84 Å². The van der Waals surface area contributed by atoms with Crippen LogP contribution in [0.15, 0.2) is 18.2 Å². The summed E-state index contributed by atoms with van der Waals surface area (Å²) in [6.07, 6.45) is 5.68. The van der Waals surface area contributed by atoms with Crippen molar-refractivity contribution in [1.29, 1.82) is 0 Å². The summed E-state index contributed by atoms with van der Waals surface area (Å²) >= 11 is 0. The van der Waals surface area contributed by atoms with Crippen LogP contribution in [0.3, 0.4) is 0 Å². The highest BCUT2D eigenvalue weighted by atomic mass is 32.2. The largest absolute Gasteiger partial charge is 0.379 e. The zero-order valence-electron chi connectivity index (χ0n) is 19.2. The number of amides is 1. The summed E-state index contributed by atoms with van der Waals surface area (Å²) < 4.78 is 32.4. The third-order valence-electron chi connectivity index (χ3n) is 6.94. The van der Waals surface area contributed by atoms with Gasteiger partial charge in [-0.2, -0.15) is 0 Å². The third kappa shape index (κ3) is 4.97. The Morgan fingerprint density at radius 1 is 1.26 bits per heavy atom. The summed E-state index contributed by atoms with van der Waals surface area (Å²) in [7, 11) is -1.81. The average molecular weight is 452 g/mol. The van der Waals surface area contributed by atoms with Crippen LogP contribution in [0.25, 0.3) is 0 Å². The highest BCUT2D eigenvalue weighted by molar-refractivity contribution is 7.90. The minimum atomic E-state index is -3.49. The van der Waals surface area contributed by atoms with Gasteiger partial charge in [-0.3, -0.25) is 4.79 Å². The molecule has 2 aliphatic rings. The zero-order chi connectivity index (χ0) is 22.8. The predicted molar refractivity (Wildman–Crippen MR) is 122 cm³/mol. The Hall–Kier alpha value is -1.48. The Kier molecular flexibility index (Phi) is 7.46. The van der Waals surface area contributed by atoms with Crippen molar-refractivity contribution in [2.75, 3.05) is 13.7 Å². The fraction of sp³-hybridized carbons (Fsp3) is 0.696. The topological polar surface area (TPSA) is 102 Å².